The number of carbonyl (C=O) groups is 1. The van der Waals surface area contributed by atoms with Crippen LogP contribution in [-0.4, -0.2) is 55.5 Å². The molecule has 1 aromatic rings. The zero-order valence-corrected chi connectivity index (χ0v) is 15.5. The minimum absolute atomic E-state index is 0.0820. The van der Waals surface area contributed by atoms with Crippen LogP contribution in [0, 0.1) is 0 Å². The molecule has 0 unspecified atom stereocenters. The summed E-state index contributed by atoms with van der Waals surface area (Å²) in [5.41, 5.74) is 1.72. The first-order valence-electron chi connectivity index (χ1n) is 9.34. The number of hydrogen-bond donors (Lipinski definition) is 2. The van der Waals surface area contributed by atoms with Crippen molar-refractivity contribution in [3.8, 4) is 5.75 Å². The van der Waals surface area contributed by atoms with Crippen molar-refractivity contribution in [3.05, 3.63) is 24.3 Å². The number of oxime groups is 1. The maximum absolute atomic E-state index is 12.2. The normalized spacial score (nSPS) is 21.0. The Morgan fingerprint density at radius 1 is 1.35 bits per heavy atom. The first kappa shape index (κ1) is 18.5. The van der Waals surface area contributed by atoms with Crippen LogP contribution in [0.1, 0.15) is 32.6 Å². The summed E-state index contributed by atoms with van der Waals surface area (Å²) in [5, 5.41) is 9.73. The van der Waals surface area contributed by atoms with E-state index in [9.17, 15) is 4.79 Å². The molecule has 0 radical (unpaired) electrons. The minimum Gasteiger partial charge on any atom is -0.488 e. The molecule has 2 aliphatic heterocycles. The fourth-order valence-corrected chi connectivity index (χ4v) is 3.13. The fraction of sp³-hybridized carbons (Fsp3) is 0.579. The van der Waals surface area contributed by atoms with Gasteiger partial charge in [0.1, 0.15) is 18.0 Å². The van der Waals surface area contributed by atoms with Crippen LogP contribution in [0.2, 0.25) is 0 Å². The molecule has 2 N–H and O–H groups in total. The lowest BCUT2D eigenvalue weighted by atomic mass is 10.1. The molecule has 1 aromatic carbocycles. The van der Waals surface area contributed by atoms with Gasteiger partial charge in [-0.2, -0.15) is 0 Å². The highest BCUT2D eigenvalue weighted by Crippen LogP contribution is 2.27. The lowest BCUT2D eigenvalue weighted by molar-refractivity contribution is 0.0869. The van der Waals surface area contributed by atoms with Gasteiger partial charge in [0.05, 0.1) is 17.9 Å². The van der Waals surface area contributed by atoms with E-state index < -0.39 is 0 Å². The Labute approximate surface area is 154 Å². The first-order valence-corrected chi connectivity index (χ1v) is 9.34. The van der Waals surface area contributed by atoms with E-state index in [2.05, 4.69) is 27.7 Å². The molecule has 1 saturated heterocycles. The van der Waals surface area contributed by atoms with Crippen molar-refractivity contribution in [3.63, 3.8) is 0 Å². The Morgan fingerprint density at radius 3 is 2.85 bits per heavy atom. The lowest BCUT2D eigenvalue weighted by Gasteiger charge is -2.29. The average molecular weight is 360 g/mol. The van der Waals surface area contributed by atoms with Crippen molar-refractivity contribution in [1.29, 1.82) is 0 Å². The van der Waals surface area contributed by atoms with Crippen molar-refractivity contribution >= 4 is 17.4 Å². The number of benzene rings is 1. The van der Waals surface area contributed by atoms with E-state index in [-0.39, 0.29) is 18.2 Å². The summed E-state index contributed by atoms with van der Waals surface area (Å²) in [4.78, 5) is 19.8. The fourth-order valence-electron chi connectivity index (χ4n) is 3.13. The largest absolute Gasteiger partial charge is 0.488 e. The molecule has 0 bridgehead atoms. The predicted molar refractivity (Wildman–Crippen MR) is 102 cm³/mol. The SMILES string of the molecule is CCC1=NO[C@H](CNC(=O)Nc2ccccc2OC2CCN(C)CC2)C1. The summed E-state index contributed by atoms with van der Waals surface area (Å²) in [6, 6.07) is 7.30. The van der Waals surface area contributed by atoms with E-state index in [1.807, 2.05) is 31.2 Å². The molecule has 142 valence electrons. The van der Waals surface area contributed by atoms with Crippen LogP contribution < -0.4 is 15.4 Å². The van der Waals surface area contributed by atoms with E-state index in [4.69, 9.17) is 9.57 Å². The second kappa shape index (κ2) is 8.89. The minimum atomic E-state index is -0.266. The van der Waals surface area contributed by atoms with Crippen LogP contribution in [0.25, 0.3) is 0 Å². The number of piperidine rings is 1. The van der Waals surface area contributed by atoms with Crippen LogP contribution >= 0.6 is 0 Å². The van der Waals surface area contributed by atoms with Crippen LogP contribution in [0.4, 0.5) is 10.5 Å². The zero-order valence-electron chi connectivity index (χ0n) is 15.5. The summed E-state index contributed by atoms with van der Waals surface area (Å²) in [7, 11) is 2.12. The third-order valence-corrected chi connectivity index (χ3v) is 4.79. The molecule has 2 heterocycles. The molecule has 0 spiro atoms. The number of carbonyl (C=O) groups excluding carboxylic acids is 1. The van der Waals surface area contributed by atoms with Gasteiger partial charge in [-0.05, 0) is 38.4 Å². The maximum atomic E-state index is 12.2. The number of rotatable bonds is 6. The highest BCUT2D eigenvalue weighted by atomic mass is 16.6. The van der Waals surface area contributed by atoms with Crippen molar-refractivity contribution in [2.45, 2.75) is 44.8 Å². The smallest absolute Gasteiger partial charge is 0.319 e. The number of nitrogens with one attached hydrogen (secondary N) is 2. The van der Waals surface area contributed by atoms with Crippen molar-refractivity contribution in [2.24, 2.45) is 5.16 Å². The monoisotopic (exact) mass is 360 g/mol. The van der Waals surface area contributed by atoms with E-state index in [0.717, 1.165) is 44.5 Å². The first-order chi connectivity index (χ1) is 12.6. The number of urea groups is 1. The van der Waals surface area contributed by atoms with E-state index in [0.29, 0.717) is 18.0 Å². The van der Waals surface area contributed by atoms with E-state index >= 15 is 0 Å². The Bertz CT molecular complexity index is 641. The number of nitrogens with zero attached hydrogens (tertiary/aromatic N) is 2. The third-order valence-electron chi connectivity index (χ3n) is 4.79. The van der Waals surface area contributed by atoms with Gasteiger partial charge >= 0.3 is 6.03 Å². The van der Waals surface area contributed by atoms with Gasteiger partial charge in [-0.25, -0.2) is 4.79 Å². The van der Waals surface area contributed by atoms with Crippen LogP contribution in [0.15, 0.2) is 29.4 Å². The van der Waals surface area contributed by atoms with Gasteiger partial charge in [-0.1, -0.05) is 24.2 Å². The van der Waals surface area contributed by atoms with Gasteiger partial charge in [0.25, 0.3) is 0 Å². The molecule has 26 heavy (non-hydrogen) atoms. The summed E-state index contributed by atoms with van der Waals surface area (Å²) in [5.74, 6) is 0.714. The maximum Gasteiger partial charge on any atom is 0.319 e. The van der Waals surface area contributed by atoms with Crippen LogP contribution in [0.5, 0.6) is 5.75 Å². The second-order valence-electron chi connectivity index (χ2n) is 6.89. The molecular weight excluding hydrogens is 332 g/mol. The van der Waals surface area contributed by atoms with Gasteiger partial charge in [0, 0.05) is 19.5 Å². The number of hydrogen-bond acceptors (Lipinski definition) is 5. The third kappa shape index (κ3) is 5.11. The Kier molecular flexibility index (Phi) is 6.33. The highest BCUT2D eigenvalue weighted by molar-refractivity contribution is 5.91. The molecule has 3 rings (SSSR count). The number of anilines is 1. The van der Waals surface area contributed by atoms with Gasteiger partial charge in [0.15, 0.2) is 0 Å². The summed E-state index contributed by atoms with van der Waals surface area (Å²) in [6.45, 7) is 4.54. The van der Waals surface area contributed by atoms with Gasteiger partial charge in [-0.3, -0.25) is 0 Å². The van der Waals surface area contributed by atoms with Crippen LogP contribution in [0.3, 0.4) is 0 Å². The molecule has 7 heteroatoms. The summed E-state index contributed by atoms with van der Waals surface area (Å²) >= 11 is 0. The lowest BCUT2D eigenvalue weighted by Crippen LogP contribution is -2.36. The van der Waals surface area contributed by atoms with Crippen molar-refractivity contribution in [2.75, 3.05) is 32.0 Å². The number of likely N-dealkylation sites (tertiary alicyclic amines) is 1. The topological polar surface area (TPSA) is 75.2 Å². The van der Waals surface area contributed by atoms with Gasteiger partial charge in [-0.15, -0.1) is 0 Å². The summed E-state index contributed by atoms with van der Waals surface area (Å²) in [6.07, 6.45) is 3.75. The quantitative estimate of drug-likeness (QED) is 0.818. The Hall–Kier alpha value is -2.28. The molecule has 0 aromatic heterocycles. The number of para-hydroxylation sites is 2. The van der Waals surface area contributed by atoms with Crippen LogP contribution in [-0.2, 0) is 4.84 Å². The highest BCUT2D eigenvalue weighted by Gasteiger charge is 2.21. The van der Waals surface area contributed by atoms with Crippen molar-refractivity contribution in [1.82, 2.24) is 10.2 Å². The molecule has 7 nitrogen and oxygen atoms in total. The second-order valence-corrected chi connectivity index (χ2v) is 6.89. The van der Waals surface area contributed by atoms with Gasteiger partial charge < -0.3 is 25.1 Å². The Morgan fingerprint density at radius 2 is 2.12 bits per heavy atom. The molecule has 2 aliphatic rings. The number of amides is 2. The number of ether oxygens (including phenoxy) is 1. The average Bonchev–Trinajstić information content (AvgIpc) is 3.12. The van der Waals surface area contributed by atoms with Gasteiger partial charge in [0.2, 0.25) is 0 Å². The standard InChI is InChI=1S/C19H28N4O3/c1-3-14-12-16(26-22-14)13-20-19(24)21-17-6-4-5-7-18(17)25-15-8-10-23(2)11-9-15/h4-7,15-16H,3,8-13H2,1-2H3,(H2,20,21,24)/t16-/m0/s1. The molecule has 0 aliphatic carbocycles. The Balaban J connectivity index is 1.49. The molecule has 1 atom stereocenters. The molecule has 1 fully saturated rings. The summed E-state index contributed by atoms with van der Waals surface area (Å²) < 4.78 is 6.13. The molecule has 0 saturated carbocycles. The zero-order chi connectivity index (χ0) is 18.4. The molecule has 2 amide bonds. The van der Waals surface area contributed by atoms with Crippen molar-refractivity contribution < 1.29 is 14.4 Å². The molecular formula is C19H28N4O3. The van der Waals surface area contributed by atoms with E-state index in [1.165, 1.54) is 0 Å². The van der Waals surface area contributed by atoms with E-state index in [1.54, 1.807) is 0 Å². The predicted octanol–water partition coefficient (Wildman–Crippen LogP) is 2.84.